The van der Waals surface area contributed by atoms with Gasteiger partial charge in [-0.25, -0.2) is 0 Å². The van der Waals surface area contributed by atoms with Gasteiger partial charge in [-0.2, -0.15) is 0 Å². The summed E-state index contributed by atoms with van der Waals surface area (Å²) in [5, 5.41) is 0. The van der Waals surface area contributed by atoms with E-state index in [9.17, 15) is 9.59 Å². The molecule has 1 amide bonds. The lowest BCUT2D eigenvalue weighted by atomic mass is 10.0. The predicted octanol–water partition coefficient (Wildman–Crippen LogP) is 2.13. The Balaban J connectivity index is 1.23. The molecule has 0 atom stereocenters. The van der Waals surface area contributed by atoms with Crippen LogP contribution in [0.2, 0.25) is 0 Å². The smallest absolute Gasteiger partial charge is 0.223 e. The van der Waals surface area contributed by atoms with Gasteiger partial charge in [0, 0.05) is 30.4 Å². The molecule has 0 spiro atoms. The summed E-state index contributed by atoms with van der Waals surface area (Å²) in [5.41, 5.74) is 5.65. The van der Waals surface area contributed by atoms with E-state index in [1.54, 1.807) is 0 Å². The molecule has 2 aliphatic heterocycles. The molecule has 5 nitrogen and oxygen atoms in total. The number of benzene rings is 2. The largest absolute Gasteiger partial charge is 0.493 e. The molecule has 0 radical (unpaired) electrons. The Bertz CT molecular complexity index is 945. The monoisotopic (exact) mass is 407 g/mol. The number of nitrogens with zero attached hydrogens (tertiary/aromatic N) is 1. The number of aryl methyl sites for hydroxylation is 2. The topological polar surface area (TPSA) is 51.0 Å². The van der Waals surface area contributed by atoms with Gasteiger partial charge in [-0.3, -0.25) is 9.59 Å². The van der Waals surface area contributed by atoms with E-state index in [0.717, 1.165) is 57.1 Å². The van der Waals surface area contributed by atoms with Gasteiger partial charge in [0.15, 0.2) is 5.78 Å². The van der Waals surface area contributed by atoms with Crippen LogP contribution in [0.25, 0.3) is 0 Å². The van der Waals surface area contributed by atoms with Crippen molar-refractivity contribution in [3.63, 3.8) is 0 Å². The van der Waals surface area contributed by atoms with Gasteiger partial charge in [-0.05, 0) is 54.8 Å². The number of ketones is 1. The van der Waals surface area contributed by atoms with Crippen molar-refractivity contribution >= 4 is 11.7 Å². The van der Waals surface area contributed by atoms with Crippen LogP contribution >= 0.6 is 0 Å². The summed E-state index contributed by atoms with van der Waals surface area (Å²) in [7, 11) is 0. The maximum absolute atomic E-state index is 12.6. The van der Waals surface area contributed by atoms with Gasteiger partial charge < -0.3 is 14.5 Å². The zero-order valence-corrected chi connectivity index (χ0v) is 18.0. The number of Topliss-reactive ketones (excluding diaryl/α,β-unsaturated/α-hetero) is 1. The minimum atomic E-state index is 0.0521. The van der Waals surface area contributed by atoms with Crippen molar-refractivity contribution in [1.29, 1.82) is 0 Å². The standard InChI is InChI=1S/C25H30N2O3/c1-18-3-5-21(15-19(18)2)23(28)6-8-25(29)27-12-10-26(11-13-27)17-20-4-7-24-22(16-20)9-14-30-24/h3-5,7,15-16H,6,8-14,17H2,1-2H3/p+1. The van der Waals surface area contributed by atoms with E-state index < -0.39 is 0 Å². The summed E-state index contributed by atoms with van der Waals surface area (Å²) >= 11 is 0. The fraction of sp³-hybridized carbons (Fsp3) is 0.440. The zero-order valence-electron chi connectivity index (χ0n) is 18.0. The number of quaternary nitrogens is 1. The molecule has 1 fully saturated rings. The highest BCUT2D eigenvalue weighted by molar-refractivity contribution is 5.98. The lowest BCUT2D eigenvalue weighted by molar-refractivity contribution is -0.917. The number of hydrogen-bond acceptors (Lipinski definition) is 3. The van der Waals surface area contributed by atoms with Crippen LogP contribution in [0.5, 0.6) is 5.75 Å². The molecule has 2 heterocycles. The van der Waals surface area contributed by atoms with Crippen molar-refractivity contribution in [1.82, 2.24) is 4.90 Å². The lowest BCUT2D eigenvalue weighted by Gasteiger charge is -2.32. The fourth-order valence-electron chi connectivity index (χ4n) is 4.33. The van der Waals surface area contributed by atoms with Crippen LogP contribution in [-0.4, -0.2) is 49.4 Å². The van der Waals surface area contributed by atoms with Crippen molar-refractivity contribution in [2.45, 2.75) is 39.7 Å². The second-order valence-corrected chi connectivity index (χ2v) is 8.57. The summed E-state index contributed by atoms with van der Waals surface area (Å²) in [6.45, 7) is 9.25. The van der Waals surface area contributed by atoms with E-state index in [1.165, 1.54) is 21.6 Å². The first kappa shape index (κ1) is 20.6. The molecule has 1 saturated heterocycles. The summed E-state index contributed by atoms with van der Waals surface area (Å²) < 4.78 is 5.59. The van der Waals surface area contributed by atoms with Gasteiger partial charge in [0.2, 0.25) is 5.91 Å². The van der Waals surface area contributed by atoms with Crippen LogP contribution in [0, 0.1) is 13.8 Å². The van der Waals surface area contributed by atoms with Gasteiger partial charge in [0.25, 0.3) is 0 Å². The molecule has 1 N–H and O–H groups in total. The molecule has 5 heteroatoms. The molecule has 0 aromatic heterocycles. The Morgan fingerprint density at radius 2 is 1.80 bits per heavy atom. The molecule has 2 aliphatic rings. The molecule has 0 unspecified atom stereocenters. The molecular formula is C25H31N2O3+. The van der Waals surface area contributed by atoms with E-state index in [0.29, 0.717) is 12.0 Å². The van der Waals surface area contributed by atoms with E-state index in [1.807, 2.05) is 36.9 Å². The number of nitrogens with one attached hydrogen (secondary N) is 1. The highest BCUT2D eigenvalue weighted by Gasteiger charge is 2.24. The van der Waals surface area contributed by atoms with Crippen molar-refractivity contribution in [2.24, 2.45) is 0 Å². The normalized spacial score (nSPS) is 16.3. The summed E-state index contributed by atoms with van der Waals surface area (Å²) in [6.07, 6.45) is 1.58. The molecule has 2 aromatic rings. The molecule has 30 heavy (non-hydrogen) atoms. The highest BCUT2D eigenvalue weighted by atomic mass is 16.5. The van der Waals surface area contributed by atoms with Gasteiger partial charge in [0.05, 0.1) is 32.8 Å². The van der Waals surface area contributed by atoms with Crippen LogP contribution in [0.15, 0.2) is 36.4 Å². The van der Waals surface area contributed by atoms with Crippen molar-refractivity contribution < 1.29 is 19.2 Å². The lowest BCUT2D eigenvalue weighted by Crippen LogP contribution is -3.13. The maximum Gasteiger partial charge on any atom is 0.223 e. The molecule has 0 bridgehead atoms. The summed E-state index contributed by atoms with van der Waals surface area (Å²) in [4.78, 5) is 28.5. The van der Waals surface area contributed by atoms with Crippen molar-refractivity contribution in [2.75, 3.05) is 32.8 Å². The van der Waals surface area contributed by atoms with Gasteiger partial charge >= 0.3 is 0 Å². The molecule has 0 saturated carbocycles. The maximum atomic E-state index is 12.6. The first-order valence-electron chi connectivity index (χ1n) is 11.0. The quantitative estimate of drug-likeness (QED) is 0.747. The highest BCUT2D eigenvalue weighted by Crippen LogP contribution is 2.25. The number of amides is 1. The third-order valence-electron chi connectivity index (χ3n) is 6.43. The average Bonchev–Trinajstić information content (AvgIpc) is 3.22. The summed E-state index contributed by atoms with van der Waals surface area (Å²) in [5.74, 6) is 1.18. The third-order valence-corrected chi connectivity index (χ3v) is 6.43. The number of ether oxygens (including phenoxy) is 1. The van der Waals surface area contributed by atoms with E-state index in [2.05, 4.69) is 18.2 Å². The number of carbonyl (C=O) groups excluding carboxylic acids is 2. The minimum Gasteiger partial charge on any atom is -0.493 e. The van der Waals surface area contributed by atoms with Crippen LogP contribution in [0.1, 0.15) is 45.5 Å². The molecule has 4 rings (SSSR count). The second-order valence-electron chi connectivity index (χ2n) is 8.57. The second kappa shape index (κ2) is 9.00. The molecule has 2 aromatic carbocycles. The van der Waals surface area contributed by atoms with Crippen LogP contribution in [0.3, 0.4) is 0 Å². The predicted molar refractivity (Wildman–Crippen MR) is 116 cm³/mol. The number of carbonyl (C=O) groups is 2. The first-order valence-corrected chi connectivity index (χ1v) is 11.0. The van der Waals surface area contributed by atoms with Gasteiger partial charge in [-0.15, -0.1) is 0 Å². The number of fused-ring (bicyclic) bond motifs is 1. The van der Waals surface area contributed by atoms with Gasteiger partial charge in [-0.1, -0.05) is 12.1 Å². The SMILES string of the molecule is Cc1ccc(C(=O)CCC(=O)N2CC[NH+](Cc3ccc4c(c3)CCO4)CC2)cc1C. The number of piperazine rings is 1. The average molecular weight is 408 g/mol. The fourth-order valence-corrected chi connectivity index (χ4v) is 4.33. The van der Waals surface area contributed by atoms with Crippen molar-refractivity contribution in [3.8, 4) is 5.75 Å². The van der Waals surface area contributed by atoms with Crippen molar-refractivity contribution in [3.05, 3.63) is 64.2 Å². The molecular weight excluding hydrogens is 376 g/mol. The van der Waals surface area contributed by atoms with Crippen LogP contribution in [0.4, 0.5) is 0 Å². The molecule has 158 valence electrons. The van der Waals surface area contributed by atoms with Gasteiger partial charge in [0.1, 0.15) is 12.3 Å². The van der Waals surface area contributed by atoms with E-state index >= 15 is 0 Å². The Kier molecular flexibility index (Phi) is 6.18. The first-order chi connectivity index (χ1) is 14.5. The van der Waals surface area contributed by atoms with E-state index in [-0.39, 0.29) is 18.1 Å². The zero-order chi connectivity index (χ0) is 21.1. The van der Waals surface area contributed by atoms with E-state index in [4.69, 9.17) is 4.74 Å². The van der Waals surface area contributed by atoms with Crippen LogP contribution in [-0.2, 0) is 17.8 Å². The number of hydrogen-bond donors (Lipinski definition) is 1. The number of rotatable bonds is 6. The Morgan fingerprint density at radius 3 is 2.57 bits per heavy atom. The Hall–Kier alpha value is -2.66. The third kappa shape index (κ3) is 4.73. The Morgan fingerprint density at radius 1 is 1.00 bits per heavy atom. The van der Waals surface area contributed by atoms with Crippen LogP contribution < -0.4 is 9.64 Å². The minimum absolute atomic E-state index is 0.0521. The Labute approximate surface area is 178 Å². The summed E-state index contributed by atoms with van der Waals surface area (Å²) in [6, 6.07) is 12.3. The molecule has 0 aliphatic carbocycles.